The molecular formula is C15H21NO5. The molecule has 6 heteroatoms. The van der Waals surface area contributed by atoms with Gasteiger partial charge in [-0.3, -0.25) is 5.32 Å². The summed E-state index contributed by atoms with van der Waals surface area (Å²) in [7, 11) is 1.37. The first kappa shape index (κ1) is 17.0. The summed E-state index contributed by atoms with van der Waals surface area (Å²) < 4.78 is 10.1. The van der Waals surface area contributed by atoms with E-state index >= 15 is 0 Å². The highest BCUT2D eigenvalue weighted by Gasteiger charge is 2.43. The molecule has 0 aliphatic carbocycles. The summed E-state index contributed by atoms with van der Waals surface area (Å²) in [6, 6.07) is 8.38. The van der Waals surface area contributed by atoms with Gasteiger partial charge in [-0.2, -0.15) is 0 Å². The third-order valence-electron chi connectivity index (χ3n) is 2.71. The molecule has 0 heterocycles. The topological polar surface area (TPSA) is 84.9 Å². The van der Waals surface area contributed by atoms with E-state index < -0.39 is 23.2 Å². The normalized spacial score (nSPS) is 14.1. The quantitative estimate of drug-likeness (QED) is 0.869. The van der Waals surface area contributed by atoms with Gasteiger partial charge in [-0.05, 0) is 26.3 Å². The number of carboxylic acid groups (broad SMARTS) is 1. The second kappa shape index (κ2) is 6.58. The van der Waals surface area contributed by atoms with Crippen molar-refractivity contribution in [3.05, 3.63) is 35.9 Å². The van der Waals surface area contributed by atoms with Crippen LogP contribution in [0.4, 0.5) is 4.79 Å². The summed E-state index contributed by atoms with van der Waals surface area (Å²) >= 11 is 0. The fraction of sp³-hybridized carbons (Fsp3) is 0.467. The van der Waals surface area contributed by atoms with Gasteiger partial charge in [0.15, 0.2) is 5.54 Å². The highest BCUT2D eigenvalue weighted by Crippen LogP contribution is 2.23. The molecule has 0 bridgehead atoms. The molecule has 0 aliphatic heterocycles. The first-order chi connectivity index (χ1) is 9.71. The Hall–Kier alpha value is -2.08. The van der Waals surface area contributed by atoms with E-state index in [0.717, 1.165) is 0 Å². The summed E-state index contributed by atoms with van der Waals surface area (Å²) in [4.78, 5) is 23.7. The smallest absolute Gasteiger partial charge is 0.408 e. The molecular weight excluding hydrogens is 274 g/mol. The fourth-order valence-electron chi connectivity index (χ4n) is 1.85. The van der Waals surface area contributed by atoms with Crippen LogP contribution in [0.3, 0.4) is 0 Å². The number of alkyl carbamates (subject to hydrolysis) is 1. The number of rotatable bonds is 5. The van der Waals surface area contributed by atoms with Gasteiger partial charge in [0.25, 0.3) is 0 Å². The van der Waals surface area contributed by atoms with Crippen LogP contribution >= 0.6 is 0 Å². The lowest BCUT2D eigenvalue weighted by atomic mass is 9.91. The van der Waals surface area contributed by atoms with Crippen molar-refractivity contribution in [2.75, 3.05) is 13.7 Å². The van der Waals surface area contributed by atoms with Crippen molar-refractivity contribution in [2.24, 2.45) is 0 Å². The number of carbonyl (C=O) groups excluding carboxylic acids is 1. The van der Waals surface area contributed by atoms with Gasteiger partial charge < -0.3 is 14.6 Å². The van der Waals surface area contributed by atoms with Gasteiger partial charge in [0, 0.05) is 7.11 Å². The Kier molecular flexibility index (Phi) is 5.32. The number of carboxylic acids is 1. The maximum Gasteiger partial charge on any atom is 0.408 e. The van der Waals surface area contributed by atoms with Gasteiger partial charge in [0.05, 0.1) is 6.61 Å². The molecule has 2 N–H and O–H groups in total. The molecule has 1 aromatic rings. The van der Waals surface area contributed by atoms with Crippen LogP contribution in [-0.2, 0) is 19.8 Å². The maximum atomic E-state index is 12.0. The van der Waals surface area contributed by atoms with E-state index in [0.29, 0.717) is 5.56 Å². The highest BCUT2D eigenvalue weighted by molar-refractivity contribution is 5.86. The molecule has 1 atom stereocenters. The zero-order valence-corrected chi connectivity index (χ0v) is 12.7. The number of nitrogens with one attached hydrogen (secondary N) is 1. The number of carbonyl (C=O) groups is 2. The number of hydrogen-bond donors (Lipinski definition) is 2. The molecule has 0 aliphatic rings. The van der Waals surface area contributed by atoms with Crippen molar-refractivity contribution in [3.63, 3.8) is 0 Å². The molecule has 0 aromatic heterocycles. The van der Waals surface area contributed by atoms with E-state index in [4.69, 9.17) is 9.47 Å². The molecule has 1 rings (SSSR count). The van der Waals surface area contributed by atoms with Crippen molar-refractivity contribution < 1.29 is 24.2 Å². The number of ether oxygens (including phenoxy) is 2. The van der Waals surface area contributed by atoms with Crippen LogP contribution in [0.25, 0.3) is 0 Å². The van der Waals surface area contributed by atoms with Crippen LogP contribution in [0.1, 0.15) is 26.3 Å². The van der Waals surface area contributed by atoms with Crippen LogP contribution in [-0.4, -0.2) is 36.5 Å². The second-order valence-electron chi connectivity index (χ2n) is 5.64. The summed E-state index contributed by atoms with van der Waals surface area (Å²) in [5, 5.41) is 12.0. The van der Waals surface area contributed by atoms with E-state index in [1.807, 2.05) is 0 Å². The molecule has 1 unspecified atom stereocenters. The van der Waals surface area contributed by atoms with E-state index in [9.17, 15) is 14.7 Å². The minimum Gasteiger partial charge on any atom is -0.479 e. The van der Waals surface area contributed by atoms with Crippen molar-refractivity contribution in [1.29, 1.82) is 0 Å². The molecule has 0 saturated heterocycles. The number of amides is 1. The Bertz CT molecular complexity index is 495. The number of methoxy groups -OCH3 is 1. The van der Waals surface area contributed by atoms with Crippen LogP contribution in [0.15, 0.2) is 30.3 Å². The number of aliphatic carboxylic acids is 1. The Morgan fingerprint density at radius 3 is 2.19 bits per heavy atom. The Morgan fingerprint density at radius 1 is 1.19 bits per heavy atom. The average molecular weight is 295 g/mol. The molecule has 1 amide bonds. The highest BCUT2D eigenvalue weighted by atomic mass is 16.6. The molecule has 0 saturated carbocycles. The monoisotopic (exact) mass is 295 g/mol. The first-order valence-electron chi connectivity index (χ1n) is 6.50. The molecule has 21 heavy (non-hydrogen) atoms. The van der Waals surface area contributed by atoms with Crippen LogP contribution in [0.5, 0.6) is 0 Å². The number of hydrogen-bond acceptors (Lipinski definition) is 4. The first-order valence-corrected chi connectivity index (χ1v) is 6.50. The maximum absolute atomic E-state index is 12.0. The van der Waals surface area contributed by atoms with Gasteiger partial charge in [0.1, 0.15) is 5.60 Å². The predicted molar refractivity (Wildman–Crippen MR) is 77.0 cm³/mol. The van der Waals surface area contributed by atoms with E-state index in [-0.39, 0.29) is 6.61 Å². The van der Waals surface area contributed by atoms with Crippen molar-refractivity contribution >= 4 is 12.1 Å². The summed E-state index contributed by atoms with van der Waals surface area (Å²) in [5.41, 5.74) is -2.01. The van der Waals surface area contributed by atoms with Crippen LogP contribution in [0.2, 0.25) is 0 Å². The Labute approximate surface area is 124 Å². The van der Waals surface area contributed by atoms with E-state index in [1.165, 1.54) is 7.11 Å². The SMILES string of the molecule is COCC(NC(=O)OC(C)(C)C)(C(=O)O)c1ccccc1. The third kappa shape index (κ3) is 4.46. The molecule has 1 aromatic carbocycles. The molecule has 0 fully saturated rings. The average Bonchev–Trinajstić information content (AvgIpc) is 2.36. The van der Waals surface area contributed by atoms with Crippen molar-refractivity contribution in [2.45, 2.75) is 31.9 Å². The van der Waals surface area contributed by atoms with Gasteiger partial charge >= 0.3 is 12.1 Å². The zero-order chi connectivity index (χ0) is 16.1. The van der Waals surface area contributed by atoms with Gasteiger partial charge in [-0.15, -0.1) is 0 Å². The minimum absolute atomic E-state index is 0.217. The lowest BCUT2D eigenvalue weighted by Crippen LogP contribution is -2.55. The molecule has 6 nitrogen and oxygen atoms in total. The van der Waals surface area contributed by atoms with Crippen LogP contribution < -0.4 is 5.32 Å². The van der Waals surface area contributed by atoms with E-state index in [1.54, 1.807) is 51.1 Å². The molecule has 0 radical (unpaired) electrons. The standard InChI is InChI=1S/C15H21NO5/c1-14(2,3)21-13(19)16-15(10-20-4,12(17)18)11-8-6-5-7-9-11/h5-9H,10H2,1-4H3,(H,16,19)(H,17,18). The Morgan fingerprint density at radius 2 is 1.76 bits per heavy atom. The molecule has 116 valence electrons. The summed E-state index contributed by atoms with van der Waals surface area (Å²) in [6.45, 7) is 4.89. The van der Waals surface area contributed by atoms with Crippen LogP contribution in [0, 0.1) is 0 Å². The minimum atomic E-state index is -1.70. The van der Waals surface area contributed by atoms with Crippen molar-refractivity contribution in [3.8, 4) is 0 Å². The second-order valence-corrected chi connectivity index (χ2v) is 5.64. The van der Waals surface area contributed by atoms with Gasteiger partial charge in [0.2, 0.25) is 0 Å². The van der Waals surface area contributed by atoms with Gasteiger partial charge in [-0.25, -0.2) is 9.59 Å². The largest absolute Gasteiger partial charge is 0.479 e. The van der Waals surface area contributed by atoms with Gasteiger partial charge in [-0.1, -0.05) is 30.3 Å². The predicted octanol–water partition coefficient (Wildman–Crippen LogP) is 2.14. The van der Waals surface area contributed by atoms with Crippen molar-refractivity contribution in [1.82, 2.24) is 5.32 Å². The lowest BCUT2D eigenvalue weighted by Gasteiger charge is -2.31. The fourth-order valence-corrected chi connectivity index (χ4v) is 1.85. The van der Waals surface area contributed by atoms with E-state index in [2.05, 4.69) is 5.32 Å². The molecule has 0 spiro atoms. The summed E-state index contributed by atoms with van der Waals surface area (Å²) in [5.74, 6) is -1.22. The zero-order valence-electron chi connectivity index (χ0n) is 12.7. The lowest BCUT2D eigenvalue weighted by molar-refractivity contribution is -0.148. The Balaban J connectivity index is 3.14. The summed E-state index contributed by atoms with van der Waals surface area (Å²) in [6.07, 6.45) is -0.814. The third-order valence-corrected chi connectivity index (χ3v) is 2.71. The number of benzene rings is 1.